The van der Waals surface area contributed by atoms with E-state index < -0.39 is 15.9 Å². The maximum atomic E-state index is 13.0. The van der Waals surface area contributed by atoms with Crippen LogP contribution in [0.1, 0.15) is 34.3 Å². The number of carbonyl (C=O) groups excluding carboxylic acids is 2. The number of rotatable bonds is 7. The molecule has 33 heavy (non-hydrogen) atoms. The van der Waals surface area contributed by atoms with Gasteiger partial charge in [0, 0.05) is 25.1 Å². The third kappa shape index (κ3) is 5.13. The molecule has 4 rings (SSSR count). The molecular formula is C25H25N3O4S. The van der Waals surface area contributed by atoms with E-state index in [2.05, 4.69) is 10.0 Å². The molecule has 8 heteroatoms. The van der Waals surface area contributed by atoms with E-state index in [4.69, 9.17) is 0 Å². The van der Waals surface area contributed by atoms with Crippen molar-refractivity contribution < 1.29 is 18.0 Å². The second-order valence-electron chi connectivity index (χ2n) is 7.91. The molecule has 0 radical (unpaired) electrons. The molecule has 3 aromatic carbocycles. The predicted molar refractivity (Wildman–Crippen MR) is 128 cm³/mol. The topological polar surface area (TPSA) is 95.6 Å². The van der Waals surface area contributed by atoms with Gasteiger partial charge >= 0.3 is 0 Å². The van der Waals surface area contributed by atoms with Crippen molar-refractivity contribution in [3.8, 4) is 0 Å². The Hall–Kier alpha value is -3.49. The minimum atomic E-state index is -3.83. The quantitative estimate of drug-likeness (QED) is 0.556. The van der Waals surface area contributed by atoms with E-state index in [1.807, 2.05) is 36.4 Å². The maximum Gasteiger partial charge on any atom is 0.255 e. The standard InChI is InChI=1S/C25H25N3O4S/c1-18-13-14-20(16-23(18)33(31,32)26-17-19-8-3-2-4-9-19)25(30)27-21-10-5-6-11-22(21)28-15-7-12-24(28)29/h2-6,8-11,13-14,16,26H,7,12,15,17H2,1H3,(H,27,30). The SMILES string of the molecule is Cc1ccc(C(=O)Nc2ccccc2N2CCCC2=O)cc1S(=O)(=O)NCc1ccccc1. The summed E-state index contributed by atoms with van der Waals surface area (Å²) in [4.78, 5) is 26.9. The first-order chi connectivity index (χ1) is 15.8. The van der Waals surface area contributed by atoms with Crippen molar-refractivity contribution in [1.82, 2.24) is 4.72 Å². The maximum absolute atomic E-state index is 13.0. The van der Waals surface area contributed by atoms with Gasteiger partial charge in [0.25, 0.3) is 5.91 Å². The van der Waals surface area contributed by atoms with Crippen LogP contribution in [0, 0.1) is 6.92 Å². The average Bonchev–Trinajstić information content (AvgIpc) is 3.24. The van der Waals surface area contributed by atoms with E-state index in [0.29, 0.717) is 29.9 Å². The normalized spacial score (nSPS) is 13.8. The first-order valence-corrected chi connectivity index (χ1v) is 12.2. The minimum Gasteiger partial charge on any atom is -0.320 e. The number of hydrogen-bond donors (Lipinski definition) is 2. The largest absolute Gasteiger partial charge is 0.320 e. The summed E-state index contributed by atoms with van der Waals surface area (Å²) >= 11 is 0. The summed E-state index contributed by atoms with van der Waals surface area (Å²) in [6.45, 7) is 2.44. The second-order valence-corrected chi connectivity index (χ2v) is 9.65. The highest BCUT2D eigenvalue weighted by Gasteiger charge is 2.25. The molecule has 1 saturated heterocycles. The zero-order chi connectivity index (χ0) is 23.4. The number of aryl methyl sites for hydroxylation is 1. The number of para-hydroxylation sites is 2. The number of nitrogens with zero attached hydrogens (tertiary/aromatic N) is 1. The fraction of sp³-hybridized carbons (Fsp3) is 0.200. The number of amides is 2. The van der Waals surface area contributed by atoms with E-state index in [0.717, 1.165) is 12.0 Å². The van der Waals surface area contributed by atoms with E-state index in [1.165, 1.54) is 6.07 Å². The highest BCUT2D eigenvalue weighted by molar-refractivity contribution is 7.89. The highest BCUT2D eigenvalue weighted by Crippen LogP contribution is 2.30. The second kappa shape index (κ2) is 9.56. The molecule has 0 saturated carbocycles. The third-order valence-corrected chi connectivity index (χ3v) is 7.11. The van der Waals surface area contributed by atoms with Crippen LogP contribution in [-0.4, -0.2) is 26.8 Å². The van der Waals surface area contributed by atoms with Crippen LogP contribution in [0.25, 0.3) is 0 Å². The monoisotopic (exact) mass is 463 g/mol. The Balaban J connectivity index is 1.55. The summed E-state index contributed by atoms with van der Waals surface area (Å²) < 4.78 is 28.5. The van der Waals surface area contributed by atoms with Gasteiger partial charge in [0.2, 0.25) is 15.9 Å². The van der Waals surface area contributed by atoms with E-state index in [9.17, 15) is 18.0 Å². The number of sulfonamides is 1. The Morgan fingerprint density at radius 2 is 1.73 bits per heavy atom. The molecule has 2 amide bonds. The summed E-state index contributed by atoms with van der Waals surface area (Å²) in [5.41, 5.74) is 2.72. The fourth-order valence-corrected chi connectivity index (χ4v) is 5.08. The predicted octanol–water partition coefficient (Wildman–Crippen LogP) is 3.85. The molecule has 1 aliphatic rings. The number of anilines is 2. The van der Waals surface area contributed by atoms with Crippen LogP contribution in [0.4, 0.5) is 11.4 Å². The summed E-state index contributed by atoms with van der Waals surface area (Å²) in [7, 11) is -3.83. The Bertz CT molecular complexity index is 1290. The molecule has 0 spiro atoms. The van der Waals surface area contributed by atoms with Crippen LogP contribution >= 0.6 is 0 Å². The van der Waals surface area contributed by atoms with Crippen molar-refractivity contribution in [2.45, 2.75) is 31.2 Å². The van der Waals surface area contributed by atoms with Gasteiger partial charge in [0.15, 0.2) is 0 Å². The Morgan fingerprint density at radius 1 is 1.00 bits per heavy atom. The molecule has 1 aliphatic heterocycles. The first kappa shape index (κ1) is 22.7. The lowest BCUT2D eigenvalue weighted by atomic mass is 10.1. The van der Waals surface area contributed by atoms with Crippen LogP contribution in [0.15, 0.2) is 77.7 Å². The Labute approximate surface area is 193 Å². The summed E-state index contributed by atoms with van der Waals surface area (Å²) in [5, 5.41) is 2.83. The minimum absolute atomic E-state index is 0.0184. The van der Waals surface area contributed by atoms with Gasteiger partial charge in [-0.25, -0.2) is 13.1 Å². The van der Waals surface area contributed by atoms with Gasteiger partial charge in [0.1, 0.15) is 0 Å². The molecule has 0 bridgehead atoms. The number of hydrogen-bond acceptors (Lipinski definition) is 4. The number of nitrogens with one attached hydrogen (secondary N) is 2. The van der Waals surface area contributed by atoms with Gasteiger partial charge in [-0.3, -0.25) is 9.59 Å². The lowest BCUT2D eigenvalue weighted by Gasteiger charge is -2.20. The molecular weight excluding hydrogens is 438 g/mol. The number of benzene rings is 3. The van der Waals surface area contributed by atoms with Crippen molar-refractivity contribution in [1.29, 1.82) is 0 Å². The molecule has 1 fully saturated rings. The lowest BCUT2D eigenvalue weighted by molar-refractivity contribution is -0.117. The summed E-state index contributed by atoms with van der Waals surface area (Å²) in [5.74, 6) is -0.432. The van der Waals surface area contributed by atoms with Gasteiger partial charge in [-0.15, -0.1) is 0 Å². The summed E-state index contributed by atoms with van der Waals surface area (Å²) in [6, 6.07) is 20.9. The molecule has 7 nitrogen and oxygen atoms in total. The van der Waals surface area contributed by atoms with Gasteiger partial charge in [-0.05, 0) is 48.7 Å². The molecule has 2 N–H and O–H groups in total. The zero-order valence-electron chi connectivity index (χ0n) is 18.2. The Morgan fingerprint density at radius 3 is 2.45 bits per heavy atom. The summed E-state index contributed by atoms with van der Waals surface area (Å²) in [6.07, 6.45) is 1.26. The molecule has 170 valence electrons. The molecule has 0 atom stereocenters. The number of carbonyl (C=O) groups is 2. The smallest absolute Gasteiger partial charge is 0.255 e. The van der Waals surface area contributed by atoms with Crippen molar-refractivity contribution in [3.63, 3.8) is 0 Å². The van der Waals surface area contributed by atoms with Crippen LogP contribution < -0.4 is 14.9 Å². The fourth-order valence-electron chi connectivity index (χ4n) is 3.79. The first-order valence-electron chi connectivity index (χ1n) is 10.7. The van der Waals surface area contributed by atoms with Crippen molar-refractivity contribution >= 4 is 33.2 Å². The van der Waals surface area contributed by atoms with Crippen molar-refractivity contribution in [2.75, 3.05) is 16.8 Å². The lowest BCUT2D eigenvalue weighted by Crippen LogP contribution is -2.26. The van der Waals surface area contributed by atoms with Gasteiger partial charge in [-0.2, -0.15) is 0 Å². The highest BCUT2D eigenvalue weighted by atomic mass is 32.2. The van der Waals surface area contributed by atoms with E-state index >= 15 is 0 Å². The van der Waals surface area contributed by atoms with Crippen molar-refractivity contribution in [2.24, 2.45) is 0 Å². The van der Waals surface area contributed by atoms with Crippen LogP contribution in [0.3, 0.4) is 0 Å². The molecule has 0 aromatic heterocycles. The van der Waals surface area contributed by atoms with Gasteiger partial charge in [0.05, 0.1) is 16.3 Å². The molecule has 3 aromatic rings. The zero-order valence-corrected chi connectivity index (χ0v) is 19.1. The Kier molecular flexibility index (Phi) is 6.57. The van der Waals surface area contributed by atoms with E-state index in [-0.39, 0.29) is 22.9 Å². The van der Waals surface area contributed by atoms with Gasteiger partial charge < -0.3 is 10.2 Å². The van der Waals surface area contributed by atoms with Crippen LogP contribution in [-0.2, 0) is 21.4 Å². The molecule has 0 aliphatic carbocycles. The molecule has 1 heterocycles. The third-order valence-electron chi connectivity index (χ3n) is 5.57. The van der Waals surface area contributed by atoms with Crippen LogP contribution in [0.5, 0.6) is 0 Å². The average molecular weight is 464 g/mol. The molecule has 0 unspecified atom stereocenters. The van der Waals surface area contributed by atoms with E-state index in [1.54, 1.807) is 42.2 Å². The van der Waals surface area contributed by atoms with Crippen molar-refractivity contribution in [3.05, 3.63) is 89.5 Å². The van der Waals surface area contributed by atoms with Crippen LogP contribution in [0.2, 0.25) is 0 Å². The van der Waals surface area contributed by atoms with Gasteiger partial charge in [-0.1, -0.05) is 48.5 Å².